The molecule has 5 atom stereocenters. The van der Waals surface area contributed by atoms with E-state index < -0.39 is 17.9 Å². The summed E-state index contributed by atoms with van der Waals surface area (Å²) in [5.41, 5.74) is -0.0617. The standard InChI is InChI=1S/C15H26O5/c1-13(2,3)11-9-8(17-14(4,5)18-9)10-12(16-11)20-15(6,7)19-10/h8-12H,1-7H3. The van der Waals surface area contributed by atoms with E-state index in [1.54, 1.807) is 0 Å². The number of ether oxygens (including phenoxy) is 5. The molecule has 0 aromatic carbocycles. The van der Waals surface area contributed by atoms with Gasteiger partial charge in [0.05, 0.1) is 6.10 Å². The minimum atomic E-state index is -0.650. The van der Waals surface area contributed by atoms with E-state index in [2.05, 4.69) is 20.8 Å². The Balaban J connectivity index is 1.92. The Hall–Kier alpha value is -0.200. The molecular formula is C15H26O5. The van der Waals surface area contributed by atoms with Gasteiger partial charge in [0, 0.05) is 0 Å². The molecule has 20 heavy (non-hydrogen) atoms. The third kappa shape index (κ3) is 2.40. The highest BCUT2D eigenvalue weighted by molar-refractivity contribution is 5.02. The fourth-order valence-electron chi connectivity index (χ4n) is 3.31. The summed E-state index contributed by atoms with van der Waals surface area (Å²) in [5.74, 6) is -1.27. The third-order valence-corrected chi connectivity index (χ3v) is 4.01. The first-order valence-electron chi connectivity index (χ1n) is 7.35. The molecule has 0 amide bonds. The van der Waals surface area contributed by atoms with Gasteiger partial charge < -0.3 is 23.7 Å². The molecule has 3 heterocycles. The SMILES string of the molecule is CC1(C)OC2OC(C(C)(C)C)C3OC(C)(C)OC3C2O1. The monoisotopic (exact) mass is 286 g/mol. The highest BCUT2D eigenvalue weighted by Crippen LogP contribution is 2.47. The van der Waals surface area contributed by atoms with Crippen LogP contribution in [-0.4, -0.2) is 42.3 Å². The van der Waals surface area contributed by atoms with Crippen molar-refractivity contribution in [1.29, 1.82) is 0 Å². The van der Waals surface area contributed by atoms with E-state index in [1.807, 2.05) is 27.7 Å². The minimum absolute atomic E-state index is 0.0617. The smallest absolute Gasteiger partial charge is 0.190 e. The van der Waals surface area contributed by atoms with Crippen LogP contribution in [0.3, 0.4) is 0 Å². The normalized spacial score (nSPS) is 46.0. The van der Waals surface area contributed by atoms with Crippen LogP contribution in [0.2, 0.25) is 0 Å². The van der Waals surface area contributed by atoms with Crippen LogP contribution in [0.15, 0.2) is 0 Å². The van der Waals surface area contributed by atoms with Gasteiger partial charge in [-0.15, -0.1) is 0 Å². The van der Waals surface area contributed by atoms with E-state index in [0.29, 0.717) is 0 Å². The molecule has 0 aromatic rings. The zero-order valence-corrected chi connectivity index (χ0v) is 13.4. The van der Waals surface area contributed by atoms with Crippen molar-refractivity contribution in [3.8, 4) is 0 Å². The van der Waals surface area contributed by atoms with Gasteiger partial charge in [-0.25, -0.2) is 0 Å². The first kappa shape index (κ1) is 14.7. The van der Waals surface area contributed by atoms with Crippen LogP contribution in [0.1, 0.15) is 48.5 Å². The molecule has 0 saturated carbocycles. The van der Waals surface area contributed by atoms with Crippen molar-refractivity contribution in [1.82, 2.24) is 0 Å². The Bertz CT molecular complexity index is 398. The highest BCUT2D eigenvalue weighted by atomic mass is 16.9. The maximum absolute atomic E-state index is 6.17. The predicted molar refractivity (Wildman–Crippen MR) is 72.0 cm³/mol. The second-order valence-electron chi connectivity index (χ2n) is 7.96. The maximum atomic E-state index is 6.17. The molecule has 116 valence electrons. The van der Waals surface area contributed by atoms with Crippen LogP contribution >= 0.6 is 0 Å². The molecule has 0 aliphatic carbocycles. The molecule has 3 fully saturated rings. The molecule has 5 unspecified atom stereocenters. The van der Waals surface area contributed by atoms with Gasteiger partial charge in [0.25, 0.3) is 0 Å². The molecule has 3 aliphatic rings. The Morgan fingerprint density at radius 2 is 1.20 bits per heavy atom. The summed E-state index contributed by atoms with van der Waals surface area (Å²) in [6, 6.07) is 0. The molecule has 0 N–H and O–H groups in total. The van der Waals surface area contributed by atoms with E-state index in [9.17, 15) is 0 Å². The van der Waals surface area contributed by atoms with Crippen LogP contribution in [-0.2, 0) is 23.7 Å². The summed E-state index contributed by atoms with van der Waals surface area (Å²) >= 11 is 0. The van der Waals surface area contributed by atoms with Crippen LogP contribution in [0.5, 0.6) is 0 Å². The van der Waals surface area contributed by atoms with Crippen LogP contribution < -0.4 is 0 Å². The van der Waals surface area contributed by atoms with E-state index in [0.717, 1.165) is 0 Å². The van der Waals surface area contributed by atoms with E-state index in [1.165, 1.54) is 0 Å². The lowest BCUT2D eigenvalue weighted by Gasteiger charge is -2.43. The van der Waals surface area contributed by atoms with Crippen molar-refractivity contribution in [2.45, 2.75) is 90.7 Å². The van der Waals surface area contributed by atoms with E-state index in [4.69, 9.17) is 23.7 Å². The average Bonchev–Trinajstić information content (AvgIpc) is 2.69. The van der Waals surface area contributed by atoms with Gasteiger partial charge in [-0.3, -0.25) is 0 Å². The van der Waals surface area contributed by atoms with Gasteiger partial charge in [0.2, 0.25) is 0 Å². The van der Waals surface area contributed by atoms with Crippen molar-refractivity contribution in [2.75, 3.05) is 0 Å². The van der Waals surface area contributed by atoms with Gasteiger partial charge in [-0.2, -0.15) is 0 Å². The first-order chi connectivity index (χ1) is 8.99. The van der Waals surface area contributed by atoms with E-state index >= 15 is 0 Å². The molecular weight excluding hydrogens is 260 g/mol. The summed E-state index contributed by atoms with van der Waals surface area (Å²) in [6.45, 7) is 14.1. The highest BCUT2D eigenvalue weighted by Gasteiger charge is 2.62. The second-order valence-corrected chi connectivity index (χ2v) is 7.96. The Morgan fingerprint density at radius 3 is 1.80 bits per heavy atom. The lowest BCUT2D eigenvalue weighted by atomic mass is 9.81. The molecule has 0 radical (unpaired) electrons. The Labute approximate surface area is 120 Å². The summed E-state index contributed by atoms with van der Waals surface area (Å²) in [6.07, 6.45) is -1.02. The summed E-state index contributed by atoms with van der Waals surface area (Å²) in [7, 11) is 0. The Kier molecular flexibility index (Phi) is 3.07. The molecule has 0 aromatic heterocycles. The van der Waals surface area contributed by atoms with Crippen molar-refractivity contribution >= 4 is 0 Å². The summed E-state index contributed by atoms with van der Waals surface area (Å²) in [4.78, 5) is 0. The fourth-order valence-corrected chi connectivity index (χ4v) is 3.31. The summed E-state index contributed by atoms with van der Waals surface area (Å²) < 4.78 is 30.2. The predicted octanol–water partition coefficient (Wildman–Crippen LogP) is 2.43. The molecule has 3 aliphatic heterocycles. The lowest BCUT2D eigenvalue weighted by molar-refractivity contribution is -0.254. The summed E-state index contributed by atoms with van der Waals surface area (Å²) in [5, 5.41) is 0. The van der Waals surface area contributed by atoms with Gasteiger partial charge in [0.15, 0.2) is 17.9 Å². The first-order valence-corrected chi connectivity index (χ1v) is 7.35. The lowest BCUT2D eigenvalue weighted by Crippen LogP contribution is -2.58. The second kappa shape index (κ2) is 4.17. The van der Waals surface area contributed by atoms with Gasteiger partial charge >= 0.3 is 0 Å². The van der Waals surface area contributed by atoms with Crippen molar-refractivity contribution in [3.05, 3.63) is 0 Å². The minimum Gasteiger partial charge on any atom is -0.343 e. The van der Waals surface area contributed by atoms with Gasteiger partial charge in [-0.05, 0) is 33.1 Å². The van der Waals surface area contributed by atoms with Crippen LogP contribution in [0.25, 0.3) is 0 Å². The topological polar surface area (TPSA) is 46.2 Å². The molecule has 5 nitrogen and oxygen atoms in total. The van der Waals surface area contributed by atoms with Gasteiger partial charge in [-0.1, -0.05) is 20.8 Å². The van der Waals surface area contributed by atoms with Crippen LogP contribution in [0, 0.1) is 5.41 Å². The third-order valence-electron chi connectivity index (χ3n) is 4.01. The number of hydrogen-bond donors (Lipinski definition) is 0. The zero-order valence-electron chi connectivity index (χ0n) is 13.4. The number of rotatable bonds is 0. The molecule has 5 heteroatoms. The quantitative estimate of drug-likeness (QED) is 0.684. The number of hydrogen-bond acceptors (Lipinski definition) is 5. The number of fused-ring (bicyclic) bond motifs is 3. The Morgan fingerprint density at radius 1 is 0.700 bits per heavy atom. The maximum Gasteiger partial charge on any atom is 0.190 e. The zero-order chi connectivity index (χ0) is 14.9. The largest absolute Gasteiger partial charge is 0.343 e. The van der Waals surface area contributed by atoms with Crippen molar-refractivity contribution in [2.24, 2.45) is 5.41 Å². The molecule has 3 rings (SSSR count). The van der Waals surface area contributed by atoms with Crippen molar-refractivity contribution < 1.29 is 23.7 Å². The average molecular weight is 286 g/mol. The van der Waals surface area contributed by atoms with Crippen LogP contribution in [0.4, 0.5) is 0 Å². The fraction of sp³-hybridized carbons (Fsp3) is 1.00. The molecule has 3 saturated heterocycles. The van der Waals surface area contributed by atoms with E-state index in [-0.39, 0.29) is 29.8 Å². The van der Waals surface area contributed by atoms with Crippen molar-refractivity contribution in [3.63, 3.8) is 0 Å². The molecule has 0 bridgehead atoms. The molecule has 0 spiro atoms. The van der Waals surface area contributed by atoms with Gasteiger partial charge in [0.1, 0.15) is 18.3 Å².